The van der Waals surface area contributed by atoms with Crippen LogP contribution in [0.25, 0.3) is 0 Å². The van der Waals surface area contributed by atoms with Crippen LogP contribution >= 0.6 is 0 Å². The van der Waals surface area contributed by atoms with E-state index in [0.717, 1.165) is 11.1 Å². The number of esters is 1. The third-order valence-corrected chi connectivity index (χ3v) is 5.15. The molecule has 3 rings (SSSR count). The van der Waals surface area contributed by atoms with E-state index in [1.807, 2.05) is 36.4 Å². The Hall–Kier alpha value is -2.57. The summed E-state index contributed by atoms with van der Waals surface area (Å²) in [7, 11) is 2.97. The minimum Gasteiger partial charge on any atom is -0.508 e. The van der Waals surface area contributed by atoms with Gasteiger partial charge in [0.2, 0.25) is 0 Å². The second-order valence-corrected chi connectivity index (χ2v) is 6.80. The molecule has 1 aliphatic heterocycles. The molecule has 2 N–H and O–H groups in total. The summed E-state index contributed by atoms with van der Waals surface area (Å²) in [5.74, 6) is 0.202. The fourth-order valence-electron chi connectivity index (χ4n) is 3.77. The molecule has 27 heavy (non-hydrogen) atoms. The first-order valence-corrected chi connectivity index (χ1v) is 8.93. The number of ether oxygens (including phenoxy) is 2. The van der Waals surface area contributed by atoms with Crippen molar-refractivity contribution in [2.24, 2.45) is 5.92 Å². The molecule has 1 fully saturated rings. The summed E-state index contributed by atoms with van der Waals surface area (Å²) < 4.78 is 10.3. The molecule has 2 aromatic rings. The molecule has 2 aromatic carbocycles. The van der Waals surface area contributed by atoms with Crippen molar-refractivity contribution in [3.8, 4) is 11.5 Å². The average molecular weight is 371 g/mol. The first-order valence-electron chi connectivity index (χ1n) is 8.93. The summed E-state index contributed by atoms with van der Waals surface area (Å²) >= 11 is 0. The van der Waals surface area contributed by atoms with Crippen molar-refractivity contribution in [3.05, 3.63) is 59.7 Å². The lowest BCUT2D eigenvalue weighted by atomic mass is 9.89. The summed E-state index contributed by atoms with van der Waals surface area (Å²) in [5.41, 5.74) is 1.69. The van der Waals surface area contributed by atoms with E-state index in [0.29, 0.717) is 25.4 Å². The zero-order valence-electron chi connectivity index (χ0n) is 15.5. The molecule has 3 atom stereocenters. The van der Waals surface area contributed by atoms with Crippen LogP contribution in [0.1, 0.15) is 23.1 Å². The lowest BCUT2D eigenvalue weighted by Gasteiger charge is -2.21. The molecule has 6 nitrogen and oxygen atoms in total. The van der Waals surface area contributed by atoms with Crippen LogP contribution in [0.2, 0.25) is 0 Å². The van der Waals surface area contributed by atoms with Gasteiger partial charge in [-0.15, -0.1) is 0 Å². The number of para-hydroxylation sites is 1. The molecule has 0 saturated carbocycles. The predicted molar refractivity (Wildman–Crippen MR) is 101 cm³/mol. The number of carbonyl (C=O) groups excluding carboxylic acids is 1. The molecular formula is C21H25NO5. The standard InChI is InChI=1S/C21H25NO5/c1-26-20-6-4-3-5-16(20)19(24)13-22-11-17(18(12-22)21(25)27-2)14-7-9-15(23)10-8-14/h3-10,17-19,23-24H,11-13H2,1-2H3/t17-,18+,19-/m0/s1. The van der Waals surface area contributed by atoms with E-state index in [4.69, 9.17) is 9.47 Å². The number of hydrogen-bond donors (Lipinski definition) is 2. The summed E-state index contributed by atoms with van der Waals surface area (Å²) in [4.78, 5) is 14.4. The number of aromatic hydroxyl groups is 1. The SMILES string of the molecule is COC(=O)[C@@H]1CN(C[C@H](O)c2ccccc2OC)C[C@H]1c1ccc(O)cc1. The number of aliphatic hydroxyl groups excluding tert-OH is 1. The number of aliphatic hydroxyl groups is 1. The number of phenols is 1. The minimum atomic E-state index is -0.724. The van der Waals surface area contributed by atoms with Crippen molar-refractivity contribution in [2.45, 2.75) is 12.0 Å². The van der Waals surface area contributed by atoms with Gasteiger partial charge in [0.1, 0.15) is 11.5 Å². The molecule has 0 radical (unpaired) electrons. The number of methoxy groups -OCH3 is 2. The van der Waals surface area contributed by atoms with Gasteiger partial charge in [-0.1, -0.05) is 30.3 Å². The Morgan fingerprint density at radius 3 is 2.52 bits per heavy atom. The number of phenolic OH excluding ortho intramolecular Hbond substituents is 1. The Labute approximate surface area is 159 Å². The van der Waals surface area contributed by atoms with Gasteiger partial charge in [0.25, 0.3) is 0 Å². The van der Waals surface area contributed by atoms with Gasteiger partial charge < -0.3 is 19.7 Å². The number of nitrogens with zero attached hydrogens (tertiary/aromatic N) is 1. The molecule has 0 aliphatic carbocycles. The lowest BCUT2D eigenvalue weighted by Crippen LogP contribution is -2.28. The molecule has 0 unspecified atom stereocenters. The molecule has 0 spiro atoms. The van der Waals surface area contributed by atoms with Crippen LogP contribution in [0.15, 0.2) is 48.5 Å². The second-order valence-electron chi connectivity index (χ2n) is 6.80. The first-order chi connectivity index (χ1) is 13.0. The van der Waals surface area contributed by atoms with E-state index >= 15 is 0 Å². The number of rotatable bonds is 6. The van der Waals surface area contributed by atoms with Crippen molar-refractivity contribution in [2.75, 3.05) is 33.9 Å². The lowest BCUT2D eigenvalue weighted by molar-refractivity contribution is -0.145. The predicted octanol–water partition coefficient (Wildman–Crippen LogP) is 2.32. The molecule has 1 saturated heterocycles. The number of β-amino-alcohol motifs (C(OH)–C–C–N with tert-alkyl or cyclic N) is 1. The minimum absolute atomic E-state index is 0.0529. The largest absolute Gasteiger partial charge is 0.508 e. The maximum absolute atomic E-state index is 12.3. The zero-order chi connectivity index (χ0) is 19.4. The highest BCUT2D eigenvalue weighted by Gasteiger charge is 2.39. The molecule has 0 amide bonds. The van der Waals surface area contributed by atoms with Crippen LogP contribution in [0.4, 0.5) is 0 Å². The summed E-state index contributed by atoms with van der Waals surface area (Å²) in [6.45, 7) is 1.52. The van der Waals surface area contributed by atoms with E-state index in [9.17, 15) is 15.0 Å². The highest BCUT2D eigenvalue weighted by atomic mass is 16.5. The highest BCUT2D eigenvalue weighted by Crippen LogP contribution is 2.35. The Morgan fingerprint density at radius 1 is 1.15 bits per heavy atom. The zero-order valence-corrected chi connectivity index (χ0v) is 15.5. The Kier molecular flexibility index (Phi) is 5.98. The second kappa shape index (κ2) is 8.41. The van der Waals surface area contributed by atoms with Crippen LogP contribution < -0.4 is 4.74 Å². The van der Waals surface area contributed by atoms with Gasteiger partial charge in [0.05, 0.1) is 26.2 Å². The van der Waals surface area contributed by atoms with Gasteiger partial charge in [-0.25, -0.2) is 0 Å². The number of likely N-dealkylation sites (tertiary alicyclic amines) is 1. The maximum atomic E-state index is 12.3. The third-order valence-electron chi connectivity index (χ3n) is 5.15. The molecule has 1 heterocycles. The summed E-state index contributed by atoms with van der Waals surface area (Å²) in [6, 6.07) is 14.3. The Bertz CT molecular complexity index is 776. The van der Waals surface area contributed by atoms with Crippen molar-refractivity contribution in [1.29, 1.82) is 0 Å². The van der Waals surface area contributed by atoms with Crippen molar-refractivity contribution in [1.82, 2.24) is 4.90 Å². The monoisotopic (exact) mass is 371 g/mol. The average Bonchev–Trinajstić information content (AvgIpc) is 3.11. The van der Waals surface area contributed by atoms with Gasteiger partial charge in [-0.2, -0.15) is 0 Å². The Balaban J connectivity index is 1.77. The molecule has 1 aliphatic rings. The van der Waals surface area contributed by atoms with E-state index in [-0.39, 0.29) is 23.6 Å². The summed E-state index contributed by atoms with van der Waals surface area (Å²) in [6.07, 6.45) is -0.724. The van der Waals surface area contributed by atoms with Gasteiger partial charge in [-0.3, -0.25) is 9.69 Å². The van der Waals surface area contributed by atoms with E-state index in [1.54, 1.807) is 19.2 Å². The molecule has 0 aromatic heterocycles. The van der Waals surface area contributed by atoms with Crippen LogP contribution in [-0.2, 0) is 9.53 Å². The van der Waals surface area contributed by atoms with Crippen molar-refractivity contribution < 1.29 is 24.5 Å². The number of hydrogen-bond acceptors (Lipinski definition) is 6. The van der Waals surface area contributed by atoms with Crippen LogP contribution in [0, 0.1) is 5.92 Å². The van der Waals surface area contributed by atoms with E-state index in [1.165, 1.54) is 7.11 Å². The first kappa shape index (κ1) is 19.2. The maximum Gasteiger partial charge on any atom is 0.310 e. The number of carbonyl (C=O) groups is 1. The fourth-order valence-corrected chi connectivity index (χ4v) is 3.77. The van der Waals surface area contributed by atoms with Gasteiger partial charge in [-0.05, 0) is 23.8 Å². The van der Waals surface area contributed by atoms with Crippen molar-refractivity contribution >= 4 is 5.97 Å². The molecule has 0 bridgehead atoms. The topological polar surface area (TPSA) is 79.2 Å². The van der Waals surface area contributed by atoms with Gasteiger partial charge >= 0.3 is 5.97 Å². The highest BCUT2D eigenvalue weighted by molar-refractivity contribution is 5.74. The van der Waals surface area contributed by atoms with Gasteiger partial charge in [0, 0.05) is 31.1 Å². The summed E-state index contributed by atoms with van der Waals surface area (Å²) in [5, 5.41) is 20.2. The van der Waals surface area contributed by atoms with Crippen molar-refractivity contribution in [3.63, 3.8) is 0 Å². The Morgan fingerprint density at radius 2 is 1.85 bits per heavy atom. The fraction of sp³-hybridized carbons (Fsp3) is 0.381. The smallest absolute Gasteiger partial charge is 0.310 e. The van der Waals surface area contributed by atoms with Gasteiger partial charge in [0.15, 0.2) is 0 Å². The van der Waals surface area contributed by atoms with E-state index < -0.39 is 6.10 Å². The van der Waals surface area contributed by atoms with Crippen LogP contribution in [-0.4, -0.2) is 54.9 Å². The third kappa shape index (κ3) is 4.23. The number of benzene rings is 2. The molecular weight excluding hydrogens is 346 g/mol. The normalized spacial score (nSPS) is 21.0. The van der Waals surface area contributed by atoms with Crippen LogP contribution in [0.3, 0.4) is 0 Å². The van der Waals surface area contributed by atoms with Crippen LogP contribution in [0.5, 0.6) is 11.5 Å². The quantitative estimate of drug-likeness (QED) is 0.759. The van der Waals surface area contributed by atoms with E-state index in [2.05, 4.69) is 4.90 Å². The molecule has 144 valence electrons. The molecule has 6 heteroatoms.